The summed E-state index contributed by atoms with van der Waals surface area (Å²) in [6.07, 6.45) is 3.45. The maximum atomic E-state index is 11.7. The Labute approximate surface area is 162 Å². The summed E-state index contributed by atoms with van der Waals surface area (Å²) in [5.74, 6) is -0.845. The van der Waals surface area contributed by atoms with E-state index in [0.29, 0.717) is 65.6 Å². The predicted octanol–water partition coefficient (Wildman–Crippen LogP) is 0.994. The van der Waals surface area contributed by atoms with Gasteiger partial charge in [-0.2, -0.15) is 0 Å². The molecule has 0 amide bonds. The average Bonchev–Trinajstić information content (AvgIpc) is 2.64. The van der Waals surface area contributed by atoms with Crippen LogP contribution in [0.15, 0.2) is 11.9 Å². The largest absolute Gasteiger partial charge is 0.389 e. The van der Waals surface area contributed by atoms with E-state index in [1.54, 1.807) is 0 Å². The minimum atomic E-state index is -0.560. The zero-order chi connectivity index (χ0) is 20.3. The summed E-state index contributed by atoms with van der Waals surface area (Å²) < 4.78 is 16.1. The van der Waals surface area contributed by atoms with Crippen LogP contribution in [0.3, 0.4) is 0 Å². The first-order chi connectivity index (χ1) is 13.0. The van der Waals surface area contributed by atoms with Crippen molar-refractivity contribution >= 4 is 17.3 Å². The SMILES string of the molecule is CCCC(=O)CCOCCOCCOCCN/C(=C\NCC)C(=O)C(C)=O. The van der Waals surface area contributed by atoms with Crippen LogP contribution < -0.4 is 10.6 Å². The summed E-state index contributed by atoms with van der Waals surface area (Å²) in [5, 5.41) is 5.79. The molecule has 8 heteroatoms. The third-order valence-corrected chi connectivity index (χ3v) is 3.37. The Hall–Kier alpha value is -1.77. The molecule has 0 saturated heterocycles. The number of Topliss-reactive ketones (excluding diaryl/α,β-unsaturated/α-hetero) is 3. The van der Waals surface area contributed by atoms with Gasteiger partial charge in [-0.25, -0.2) is 0 Å². The summed E-state index contributed by atoms with van der Waals surface area (Å²) in [6.45, 7) is 8.76. The third kappa shape index (κ3) is 15.0. The second kappa shape index (κ2) is 17.6. The van der Waals surface area contributed by atoms with E-state index in [0.717, 1.165) is 6.42 Å². The highest BCUT2D eigenvalue weighted by Crippen LogP contribution is 1.95. The fourth-order valence-electron chi connectivity index (χ4n) is 1.98. The standard InChI is InChI=1S/C19H34N2O6/c1-4-6-17(23)7-9-25-11-13-27-14-12-26-10-8-21-18(15-20-5-2)19(24)16(3)22/h15,20-21H,4-14H2,1-3H3/b18-15-. The van der Waals surface area contributed by atoms with Gasteiger partial charge in [0.05, 0.1) is 39.6 Å². The molecule has 0 heterocycles. The molecule has 0 saturated carbocycles. The number of allylic oxidation sites excluding steroid dienone is 1. The molecule has 0 aromatic carbocycles. The van der Waals surface area contributed by atoms with Crippen LogP contribution in [-0.2, 0) is 28.6 Å². The van der Waals surface area contributed by atoms with E-state index in [9.17, 15) is 14.4 Å². The van der Waals surface area contributed by atoms with Gasteiger partial charge in [-0.05, 0) is 13.3 Å². The van der Waals surface area contributed by atoms with E-state index in [1.807, 2.05) is 13.8 Å². The monoisotopic (exact) mass is 386 g/mol. The molecule has 0 rings (SSSR count). The maximum absolute atomic E-state index is 11.7. The molecule has 0 radical (unpaired) electrons. The first kappa shape index (κ1) is 25.2. The number of carbonyl (C=O) groups excluding carboxylic acids is 3. The molecule has 27 heavy (non-hydrogen) atoms. The molecule has 0 unspecified atom stereocenters. The van der Waals surface area contributed by atoms with Gasteiger partial charge in [0.25, 0.3) is 0 Å². The van der Waals surface area contributed by atoms with Crippen LogP contribution in [0.5, 0.6) is 0 Å². The Kier molecular flexibility index (Phi) is 16.5. The fraction of sp³-hybridized carbons (Fsp3) is 0.737. The smallest absolute Gasteiger partial charge is 0.245 e. The minimum absolute atomic E-state index is 0.230. The van der Waals surface area contributed by atoms with Crippen LogP contribution in [0.4, 0.5) is 0 Å². The summed E-state index contributed by atoms with van der Waals surface area (Å²) >= 11 is 0. The average molecular weight is 386 g/mol. The Morgan fingerprint density at radius 1 is 0.852 bits per heavy atom. The lowest BCUT2D eigenvalue weighted by Gasteiger charge is -2.10. The molecule has 0 aliphatic carbocycles. The van der Waals surface area contributed by atoms with Crippen molar-refractivity contribution in [3.8, 4) is 0 Å². The number of carbonyl (C=O) groups is 3. The quantitative estimate of drug-likeness (QED) is 0.192. The zero-order valence-corrected chi connectivity index (χ0v) is 16.8. The molecule has 0 spiro atoms. The Balaban J connectivity index is 3.59. The predicted molar refractivity (Wildman–Crippen MR) is 102 cm³/mol. The molecular weight excluding hydrogens is 352 g/mol. The van der Waals surface area contributed by atoms with Gasteiger partial charge in [0.1, 0.15) is 11.5 Å². The molecule has 0 bridgehead atoms. The summed E-state index contributed by atoms with van der Waals surface area (Å²) in [5.41, 5.74) is 0.235. The normalized spacial score (nSPS) is 11.3. The van der Waals surface area contributed by atoms with Crippen molar-refractivity contribution in [1.29, 1.82) is 0 Å². The van der Waals surface area contributed by atoms with Crippen molar-refractivity contribution in [2.45, 2.75) is 40.0 Å². The van der Waals surface area contributed by atoms with Gasteiger partial charge >= 0.3 is 0 Å². The van der Waals surface area contributed by atoms with Crippen LogP contribution >= 0.6 is 0 Å². The van der Waals surface area contributed by atoms with E-state index in [2.05, 4.69) is 10.6 Å². The number of hydrogen-bond donors (Lipinski definition) is 2. The van der Waals surface area contributed by atoms with Crippen molar-refractivity contribution in [2.75, 3.05) is 52.7 Å². The van der Waals surface area contributed by atoms with E-state index >= 15 is 0 Å². The first-order valence-corrected chi connectivity index (χ1v) is 9.50. The second-order valence-corrected chi connectivity index (χ2v) is 5.80. The van der Waals surface area contributed by atoms with E-state index in [-0.39, 0.29) is 11.5 Å². The maximum Gasteiger partial charge on any atom is 0.245 e. The van der Waals surface area contributed by atoms with Crippen LogP contribution in [-0.4, -0.2) is 70.1 Å². The second-order valence-electron chi connectivity index (χ2n) is 5.80. The molecule has 0 atom stereocenters. The lowest BCUT2D eigenvalue weighted by molar-refractivity contribution is -0.133. The highest BCUT2D eigenvalue weighted by atomic mass is 16.5. The summed E-state index contributed by atoms with van der Waals surface area (Å²) in [6, 6.07) is 0. The lowest BCUT2D eigenvalue weighted by atomic mass is 10.2. The Morgan fingerprint density at radius 2 is 1.44 bits per heavy atom. The van der Waals surface area contributed by atoms with Gasteiger partial charge in [0, 0.05) is 39.1 Å². The van der Waals surface area contributed by atoms with Crippen molar-refractivity contribution in [3.05, 3.63) is 11.9 Å². The van der Waals surface area contributed by atoms with Crippen molar-refractivity contribution in [1.82, 2.24) is 10.6 Å². The molecule has 2 N–H and O–H groups in total. The zero-order valence-electron chi connectivity index (χ0n) is 16.8. The number of ether oxygens (including phenoxy) is 3. The van der Waals surface area contributed by atoms with Crippen molar-refractivity contribution in [2.24, 2.45) is 0 Å². The van der Waals surface area contributed by atoms with Gasteiger partial charge in [0.15, 0.2) is 0 Å². The summed E-state index contributed by atoms with van der Waals surface area (Å²) in [7, 11) is 0. The van der Waals surface area contributed by atoms with Crippen LogP contribution in [0.25, 0.3) is 0 Å². The lowest BCUT2D eigenvalue weighted by Crippen LogP contribution is -2.29. The minimum Gasteiger partial charge on any atom is -0.389 e. The molecule has 156 valence electrons. The van der Waals surface area contributed by atoms with Gasteiger partial charge in [-0.3, -0.25) is 14.4 Å². The molecule has 8 nitrogen and oxygen atoms in total. The third-order valence-electron chi connectivity index (χ3n) is 3.37. The summed E-state index contributed by atoms with van der Waals surface area (Å²) in [4.78, 5) is 34.2. The molecule has 0 aliphatic rings. The number of ketones is 3. The molecule has 0 aromatic rings. The van der Waals surface area contributed by atoms with E-state index in [1.165, 1.54) is 13.1 Å². The molecular formula is C19H34N2O6. The number of nitrogens with one attached hydrogen (secondary N) is 2. The Morgan fingerprint density at radius 3 is 2.00 bits per heavy atom. The molecule has 0 fully saturated rings. The van der Waals surface area contributed by atoms with Crippen LogP contribution in [0, 0.1) is 0 Å². The van der Waals surface area contributed by atoms with Crippen molar-refractivity contribution in [3.63, 3.8) is 0 Å². The topological polar surface area (TPSA) is 103 Å². The van der Waals surface area contributed by atoms with E-state index < -0.39 is 11.6 Å². The highest BCUT2D eigenvalue weighted by molar-refractivity contribution is 6.42. The van der Waals surface area contributed by atoms with Crippen molar-refractivity contribution < 1.29 is 28.6 Å². The van der Waals surface area contributed by atoms with Gasteiger partial charge in [0.2, 0.25) is 11.6 Å². The van der Waals surface area contributed by atoms with Crippen LogP contribution in [0.1, 0.15) is 40.0 Å². The van der Waals surface area contributed by atoms with Gasteiger partial charge in [-0.1, -0.05) is 6.92 Å². The van der Waals surface area contributed by atoms with E-state index in [4.69, 9.17) is 14.2 Å². The van der Waals surface area contributed by atoms with Crippen LogP contribution in [0.2, 0.25) is 0 Å². The van der Waals surface area contributed by atoms with Gasteiger partial charge < -0.3 is 24.8 Å². The molecule has 0 aromatic heterocycles. The Bertz CT molecular complexity index is 465. The molecule has 0 aliphatic heterocycles. The first-order valence-electron chi connectivity index (χ1n) is 9.50. The number of hydrogen-bond acceptors (Lipinski definition) is 8. The highest BCUT2D eigenvalue weighted by Gasteiger charge is 2.13. The van der Waals surface area contributed by atoms with Gasteiger partial charge in [-0.15, -0.1) is 0 Å². The number of rotatable bonds is 19. The fourth-order valence-corrected chi connectivity index (χ4v) is 1.98.